The number of methoxy groups -OCH3 is 1. The lowest BCUT2D eigenvalue weighted by atomic mass is 10.1. The van der Waals surface area contributed by atoms with E-state index in [1.807, 2.05) is 66.9 Å². The predicted molar refractivity (Wildman–Crippen MR) is 194 cm³/mol. The summed E-state index contributed by atoms with van der Waals surface area (Å²) in [6, 6.07) is 37.3. The van der Waals surface area contributed by atoms with Crippen LogP contribution in [0, 0.1) is 0 Å². The van der Waals surface area contributed by atoms with E-state index >= 15 is 0 Å². The number of benzene rings is 5. The van der Waals surface area contributed by atoms with Gasteiger partial charge in [0.1, 0.15) is 22.4 Å². The lowest BCUT2D eigenvalue weighted by Crippen LogP contribution is -2.30. The molecule has 0 bridgehead atoms. The summed E-state index contributed by atoms with van der Waals surface area (Å²) in [6.45, 7) is 0. The normalized spacial score (nSPS) is 11.8. The molecule has 5 N–H and O–H groups in total. The maximum Gasteiger partial charge on any atom is 0.272 e. The molecule has 1 atom stereocenters. The lowest BCUT2D eigenvalue weighted by molar-refractivity contribution is -0.116. The van der Waals surface area contributed by atoms with Crippen LogP contribution in [0.3, 0.4) is 0 Å². The largest absolute Gasteiger partial charge is 0.508 e. The van der Waals surface area contributed by atoms with Crippen molar-refractivity contribution in [1.82, 2.24) is 10.3 Å². The van der Waals surface area contributed by atoms with Crippen molar-refractivity contribution in [2.45, 2.75) is 10.1 Å². The van der Waals surface area contributed by atoms with Crippen molar-refractivity contribution in [2.75, 3.05) is 17.7 Å². The number of hydrogen-bond acceptors (Lipinski definition) is 6. The first-order valence-electron chi connectivity index (χ1n) is 15.3. The van der Waals surface area contributed by atoms with E-state index in [-0.39, 0.29) is 17.4 Å². The number of carbonyl (C=O) groups excluding carboxylic acids is 3. The first-order valence-corrected chi connectivity index (χ1v) is 16.2. The number of thioether (sulfide) groups is 1. The number of aromatic amines is 1. The molecule has 0 aliphatic heterocycles. The van der Waals surface area contributed by atoms with Gasteiger partial charge < -0.3 is 30.8 Å². The van der Waals surface area contributed by atoms with Gasteiger partial charge in [-0.05, 0) is 77.7 Å². The molecule has 1 unspecified atom stereocenters. The van der Waals surface area contributed by atoms with Gasteiger partial charge in [0.05, 0.1) is 7.11 Å². The molecule has 1 heterocycles. The highest BCUT2D eigenvalue weighted by Crippen LogP contribution is 2.37. The zero-order chi connectivity index (χ0) is 34.2. The first kappa shape index (κ1) is 32.7. The maximum absolute atomic E-state index is 13.7. The summed E-state index contributed by atoms with van der Waals surface area (Å²) in [5.74, 6) is -0.953. The van der Waals surface area contributed by atoms with Crippen molar-refractivity contribution >= 4 is 57.8 Å². The number of amides is 3. The van der Waals surface area contributed by atoms with E-state index in [1.54, 1.807) is 54.6 Å². The number of phenols is 1. The van der Waals surface area contributed by atoms with E-state index in [2.05, 4.69) is 20.9 Å². The Labute approximate surface area is 287 Å². The molecular weight excluding hydrogens is 637 g/mol. The number of anilines is 2. The third kappa shape index (κ3) is 8.19. The molecule has 6 aromatic rings. The number of aromatic nitrogens is 1. The highest BCUT2D eigenvalue weighted by atomic mass is 32.2. The average Bonchev–Trinajstić information content (AvgIpc) is 3.60. The van der Waals surface area contributed by atoms with Crippen molar-refractivity contribution in [3.05, 3.63) is 156 Å². The molecule has 5 aromatic carbocycles. The second kappa shape index (κ2) is 15.1. The molecule has 0 spiro atoms. The summed E-state index contributed by atoms with van der Waals surface area (Å²) in [5, 5.41) is 19.0. The molecule has 9 nitrogen and oxygen atoms in total. The Morgan fingerprint density at radius 2 is 1.55 bits per heavy atom. The second-order valence-electron chi connectivity index (χ2n) is 11.0. The summed E-state index contributed by atoms with van der Waals surface area (Å²) in [7, 11) is 1.45. The van der Waals surface area contributed by atoms with Gasteiger partial charge in [0.15, 0.2) is 0 Å². The van der Waals surface area contributed by atoms with E-state index in [9.17, 15) is 19.5 Å². The number of fused-ring (bicyclic) bond motifs is 1. The Morgan fingerprint density at radius 1 is 0.796 bits per heavy atom. The van der Waals surface area contributed by atoms with Crippen LogP contribution in [0.4, 0.5) is 11.4 Å². The van der Waals surface area contributed by atoms with Gasteiger partial charge in [-0.15, -0.1) is 11.8 Å². The maximum atomic E-state index is 13.7. The van der Waals surface area contributed by atoms with Crippen molar-refractivity contribution in [3.8, 4) is 11.5 Å². The van der Waals surface area contributed by atoms with Crippen LogP contribution >= 0.6 is 11.8 Å². The number of carbonyl (C=O) groups is 3. The van der Waals surface area contributed by atoms with Gasteiger partial charge >= 0.3 is 0 Å². The fraction of sp³-hybridized carbons (Fsp3) is 0.0513. The average molecular weight is 669 g/mol. The number of aromatic hydroxyl groups is 1. The molecule has 244 valence electrons. The molecule has 6 rings (SSSR count). The van der Waals surface area contributed by atoms with Crippen LogP contribution in [-0.4, -0.2) is 34.9 Å². The van der Waals surface area contributed by atoms with E-state index in [0.717, 1.165) is 21.4 Å². The Bertz CT molecular complexity index is 2150. The molecule has 0 aliphatic rings. The van der Waals surface area contributed by atoms with Crippen molar-refractivity contribution in [2.24, 2.45) is 0 Å². The monoisotopic (exact) mass is 668 g/mol. The molecule has 0 saturated carbocycles. The van der Waals surface area contributed by atoms with Crippen LogP contribution in [0.15, 0.2) is 144 Å². The molecule has 0 fully saturated rings. The summed E-state index contributed by atoms with van der Waals surface area (Å²) < 4.78 is 5.39. The zero-order valence-electron chi connectivity index (χ0n) is 26.3. The summed E-state index contributed by atoms with van der Waals surface area (Å²) in [4.78, 5) is 44.5. The van der Waals surface area contributed by atoms with Gasteiger partial charge in [-0.3, -0.25) is 14.4 Å². The molecule has 1 aromatic heterocycles. The van der Waals surface area contributed by atoms with E-state index in [4.69, 9.17) is 4.74 Å². The van der Waals surface area contributed by atoms with Crippen molar-refractivity contribution < 1.29 is 24.2 Å². The summed E-state index contributed by atoms with van der Waals surface area (Å²) in [5.41, 5.74) is 3.66. The first-order chi connectivity index (χ1) is 23.9. The number of hydrogen-bond donors (Lipinski definition) is 5. The van der Waals surface area contributed by atoms with E-state index in [0.29, 0.717) is 28.3 Å². The standard InChI is InChI=1S/C39H32N4O5S/c1-48-35-24-31(44)18-16-28(35)21-34(43-37(45)27-11-6-3-7-12-27)38(46)41-29-13-8-14-32(22-29)49-36(26-9-4-2-5-10-26)39(47)42-30-17-15-25-19-20-40-33(25)23-30/h2-24,36,40,44H,1H3,(H,41,46)(H,42,47)(H,43,45)/b34-21+. The second-order valence-corrected chi connectivity index (χ2v) is 12.1. The summed E-state index contributed by atoms with van der Waals surface area (Å²) in [6.07, 6.45) is 3.33. The number of phenolic OH excluding ortho intramolecular Hbond substituents is 1. The highest BCUT2D eigenvalue weighted by molar-refractivity contribution is 8.00. The van der Waals surface area contributed by atoms with Crippen LogP contribution in [0.1, 0.15) is 26.7 Å². The third-order valence-corrected chi connectivity index (χ3v) is 8.80. The quantitative estimate of drug-likeness (QED) is 0.0708. The Kier molecular flexibility index (Phi) is 10.1. The molecule has 0 saturated heterocycles. The molecule has 10 heteroatoms. The van der Waals surface area contributed by atoms with Crippen LogP contribution in [-0.2, 0) is 9.59 Å². The number of nitrogens with one attached hydrogen (secondary N) is 4. The minimum Gasteiger partial charge on any atom is -0.508 e. The summed E-state index contributed by atoms with van der Waals surface area (Å²) >= 11 is 1.35. The van der Waals surface area contributed by atoms with Gasteiger partial charge in [-0.25, -0.2) is 0 Å². The Morgan fingerprint density at radius 3 is 2.33 bits per heavy atom. The molecular formula is C39H32N4O5S. The SMILES string of the molecule is COc1cc(O)ccc1/C=C(/NC(=O)c1ccccc1)C(=O)Nc1cccc(SC(C(=O)Nc2ccc3cc[nH]c3c2)c2ccccc2)c1. The van der Waals surface area contributed by atoms with Crippen molar-refractivity contribution in [1.29, 1.82) is 0 Å². The molecule has 3 amide bonds. The van der Waals surface area contributed by atoms with Gasteiger partial charge in [0.25, 0.3) is 11.8 Å². The van der Waals surface area contributed by atoms with Gasteiger partial charge in [-0.1, -0.05) is 60.7 Å². The Balaban J connectivity index is 1.25. The van der Waals surface area contributed by atoms with Crippen LogP contribution < -0.4 is 20.7 Å². The van der Waals surface area contributed by atoms with E-state index < -0.39 is 17.1 Å². The fourth-order valence-corrected chi connectivity index (χ4v) is 6.22. The van der Waals surface area contributed by atoms with Crippen LogP contribution in [0.25, 0.3) is 17.0 Å². The van der Waals surface area contributed by atoms with Crippen LogP contribution in [0.2, 0.25) is 0 Å². The topological polar surface area (TPSA) is 133 Å². The van der Waals surface area contributed by atoms with Gasteiger partial charge in [-0.2, -0.15) is 0 Å². The molecule has 0 aliphatic carbocycles. The molecule has 0 radical (unpaired) electrons. The van der Waals surface area contributed by atoms with Gasteiger partial charge in [0, 0.05) is 45.2 Å². The number of rotatable bonds is 11. The lowest BCUT2D eigenvalue weighted by Gasteiger charge is -2.18. The zero-order valence-corrected chi connectivity index (χ0v) is 27.2. The molecule has 49 heavy (non-hydrogen) atoms. The number of ether oxygens (including phenoxy) is 1. The van der Waals surface area contributed by atoms with Gasteiger partial charge in [0.2, 0.25) is 5.91 Å². The number of H-pyrrole nitrogens is 1. The third-order valence-electron chi connectivity index (χ3n) is 7.55. The fourth-order valence-electron chi connectivity index (χ4n) is 5.13. The van der Waals surface area contributed by atoms with E-state index in [1.165, 1.54) is 37.1 Å². The minimum absolute atomic E-state index is 0.00768. The Hall–Kier alpha value is -6.26. The predicted octanol–water partition coefficient (Wildman–Crippen LogP) is 7.76. The van der Waals surface area contributed by atoms with Crippen LogP contribution in [0.5, 0.6) is 11.5 Å². The minimum atomic E-state index is -0.603. The highest BCUT2D eigenvalue weighted by Gasteiger charge is 2.23. The smallest absolute Gasteiger partial charge is 0.272 e. The van der Waals surface area contributed by atoms with Crippen molar-refractivity contribution in [3.63, 3.8) is 0 Å².